The number of nitro groups is 1. The molecule has 3 rings (SSSR count). The van der Waals surface area contributed by atoms with Crippen molar-refractivity contribution >= 4 is 35.2 Å². The van der Waals surface area contributed by atoms with Crippen LogP contribution < -0.4 is 5.56 Å². The minimum Gasteiger partial charge on any atom is -0.400 e. The van der Waals surface area contributed by atoms with Crippen molar-refractivity contribution in [1.29, 1.82) is 0 Å². The molecule has 8 nitrogen and oxygen atoms in total. The summed E-state index contributed by atoms with van der Waals surface area (Å²) in [5, 5.41) is 14.9. The molecule has 0 saturated carbocycles. The fourth-order valence-electron chi connectivity index (χ4n) is 1.88. The van der Waals surface area contributed by atoms with Crippen LogP contribution in [-0.2, 0) is 0 Å². The van der Waals surface area contributed by atoms with E-state index in [0.29, 0.717) is 10.9 Å². The van der Waals surface area contributed by atoms with Crippen molar-refractivity contribution in [1.82, 2.24) is 9.66 Å². The molecule has 1 N–H and O–H groups in total. The molecule has 2 aromatic heterocycles. The van der Waals surface area contributed by atoms with E-state index in [4.69, 9.17) is 16.6 Å². The number of nitrogens with one attached hydrogen (secondary N) is 1. The highest BCUT2D eigenvalue weighted by molar-refractivity contribution is 7.71. The highest BCUT2D eigenvalue weighted by Crippen LogP contribution is 2.14. The topological polar surface area (TPSA) is 106 Å². The number of furan rings is 1. The lowest BCUT2D eigenvalue weighted by atomic mass is 10.2. The lowest BCUT2D eigenvalue weighted by Gasteiger charge is -2.01. The summed E-state index contributed by atoms with van der Waals surface area (Å²) in [4.78, 5) is 25.1. The number of nitrogens with zero attached hydrogens (tertiary/aromatic N) is 3. The molecule has 0 amide bonds. The Morgan fingerprint density at radius 3 is 2.82 bits per heavy atom. The zero-order chi connectivity index (χ0) is 15.7. The van der Waals surface area contributed by atoms with Crippen LogP contribution in [0.3, 0.4) is 0 Å². The summed E-state index contributed by atoms with van der Waals surface area (Å²) in [5.74, 6) is -0.265. The number of aromatic nitrogens is 2. The van der Waals surface area contributed by atoms with Gasteiger partial charge < -0.3 is 9.40 Å². The van der Waals surface area contributed by atoms with Gasteiger partial charge in [-0.2, -0.15) is 9.78 Å². The molecule has 22 heavy (non-hydrogen) atoms. The fourth-order valence-corrected chi connectivity index (χ4v) is 2.12. The Hall–Kier alpha value is -3.07. The van der Waals surface area contributed by atoms with Crippen LogP contribution in [0.2, 0.25) is 0 Å². The largest absolute Gasteiger partial charge is 0.433 e. The Kier molecular flexibility index (Phi) is 3.39. The van der Waals surface area contributed by atoms with Gasteiger partial charge in [-0.3, -0.25) is 14.9 Å². The Morgan fingerprint density at radius 2 is 2.09 bits per heavy atom. The Balaban J connectivity index is 2.06. The van der Waals surface area contributed by atoms with Crippen molar-refractivity contribution < 1.29 is 9.34 Å². The number of hydrogen-bond donors (Lipinski definition) is 1. The Labute approximate surface area is 127 Å². The normalized spacial score (nSPS) is 11.3. The van der Waals surface area contributed by atoms with Crippen molar-refractivity contribution in [2.24, 2.45) is 5.10 Å². The standard InChI is InChI=1S/C13H8N4O4S/c18-12-9-3-1-2-4-10(9)15-13(22)16(12)14-7-8-5-6-11(21-8)17(19)20/h1-7H,(H,15,22)/b14-7-. The van der Waals surface area contributed by atoms with E-state index in [1.165, 1.54) is 18.3 Å². The van der Waals surface area contributed by atoms with Gasteiger partial charge in [-0.25, -0.2) is 0 Å². The van der Waals surface area contributed by atoms with Crippen LogP contribution in [0.25, 0.3) is 10.9 Å². The quantitative estimate of drug-likeness (QED) is 0.346. The van der Waals surface area contributed by atoms with Crippen LogP contribution in [0.15, 0.2) is 50.7 Å². The van der Waals surface area contributed by atoms with E-state index in [1.807, 2.05) is 0 Å². The molecule has 0 aliphatic carbocycles. The lowest BCUT2D eigenvalue weighted by Crippen LogP contribution is -2.18. The number of fused-ring (bicyclic) bond motifs is 1. The van der Waals surface area contributed by atoms with Crippen molar-refractivity contribution in [3.05, 3.63) is 67.4 Å². The summed E-state index contributed by atoms with van der Waals surface area (Å²) >= 11 is 5.08. The van der Waals surface area contributed by atoms with Crippen LogP contribution in [0.1, 0.15) is 5.76 Å². The number of H-pyrrole nitrogens is 1. The summed E-state index contributed by atoms with van der Waals surface area (Å²) in [6.45, 7) is 0. The maximum Gasteiger partial charge on any atom is 0.433 e. The second kappa shape index (κ2) is 5.37. The molecule has 0 saturated heterocycles. The third kappa shape index (κ3) is 2.44. The van der Waals surface area contributed by atoms with E-state index < -0.39 is 16.4 Å². The van der Waals surface area contributed by atoms with Crippen LogP contribution in [0.5, 0.6) is 0 Å². The zero-order valence-corrected chi connectivity index (χ0v) is 11.7. The van der Waals surface area contributed by atoms with E-state index in [2.05, 4.69) is 10.1 Å². The molecule has 0 aliphatic heterocycles. The maximum absolute atomic E-state index is 12.3. The van der Waals surface area contributed by atoms with E-state index >= 15 is 0 Å². The first-order valence-electron chi connectivity index (χ1n) is 6.09. The first kappa shape index (κ1) is 13.9. The van der Waals surface area contributed by atoms with Gasteiger partial charge in [-0.05, 0) is 30.4 Å². The van der Waals surface area contributed by atoms with Gasteiger partial charge in [0.25, 0.3) is 5.56 Å². The molecule has 0 atom stereocenters. The zero-order valence-electron chi connectivity index (χ0n) is 10.9. The number of benzene rings is 1. The average molecular weight is 316 g/mol. The van der Waals surface area contributed by atoms with Crippen LogP contribution >= 0.6 is 12.2 Å². The maximum atomic E-state index is 12.3. The van der Waals surface area contributed by atoms with Gasteiger partial charge in [0, 0.05) is 0 Å². The van der Waals surface area contributed by atoms with Gasteiger partial charge in [0.1, 0.15) is 4.92 Å². The van der Waals surface area contributed by atoms with Gasteiger partial charge in [-0.15, -0.1) is 0 Å². The van der Waals surface area contributed by atoms with Gasteiger partial charge in [-0.1, -0.05) is 12.1 Å². The fraction of sp³-hybridized carbons (Fsp3) is 0. The number of aromatic amines is 1. The molecule has 0 spiro atoms. The van der Waals surface area contributed by atoms with Gasteiger partial charge >= 0.3 is 5.88 Å². The monoisotopic (exact) mass is 316 g/mol. The summed E-state index contributed by atoms with van der Waals surface area (Å²) < 4.78 is 6.03. The predicted molar refractivity (Wildman–Crippen MR) is 81.7 cm³/mol. The molecule has 0 bridgehead atoms. The van der Waals surface area contributed by atoms with Crippen molar-refractivity contribution in [3.63, 3.8) is 0 Å². The molecule has 0 aliphatic rings. The van der Waals surface area contributed by atoms with Gasteiger partial charge in [0.05, 0.1) is 23.2 Å². The SMILES string of the molecule is O=c1c2ccccc2[nH]c(=S)n1/N=C\c1ccc([N+](=O)[O-])o1. The highest BCUT2D eigenvalue weighted by atomic mass is 32.1. The van der Waals surface area contributed by atoms with Crippen molar-refractivity contribution in [3.8, 4) is 0 Å². The molecule has 1 aromatic carbocycles. The van der Waals surface area contributed by atoms with E-state index in [0.717, 1.165) is 4.68 Å². The number of para-hydroxylation sites is 1. The van der Waals surface area contributed by atoms with Gasteiger partial charge in [0.2, 0.25) is 4.77 Å². The van der Waals surface area contributed by atoms with Crippen LogP contribution in [0, 0.1) is 14.9 Å². The molecular formula is C13H8N4O4S. The summed E-state index contributed by atoms with van der Waals surface area (Å²) in [5.41, 5.74) is 0.217. The van der Waals surface area contributed by atoms with Gasteiger partial charge in [0.15, 0.2) is 5.76 Å². The first-order chi connectivity index (χ1) is 10.6. The van der Waals surface area contributed by atoms with E-state index in [1.54, 1.807) is 24.3 Å². The number of hydrogen-bond acceptors (Lipinski definition) is 6. The van der Waals surface area contributed by atoms with E-state index in [9.17, 15) is 14.9 Å². The molecule has 110 valence electrons. The minimum atomic E-state index is -0.661. The summed E-state index contributed by atoms with van der Waals surface area (Å²) in [6, 6.07) is 9.46. The Bertz CT molecular complexity index is 1010. The molecule has 0 radical (unpaired) electrons. The van der Waals surface area contributed by atoms with Crippen LogP contribution in [-0.4, -0.2) is 20.8 Å². The first-order valence-corrected chi connectivity index (χ1v) is 6.50. The molecule has 9 heteroatoms. The molecular weight excluding hydrogens is 308 g/mol. The van der Waals surface area contributed by atoms with E-state index in [-0.39, 0.29) is 10.5 Å². The van der Waals surface area contributed by atoms with Crippen molar-refractivity contribution in [2.45, 2.75) is 0 Å². The second-order valence-corrected chi connectivity index (χ2v) is 4.66. The Morgan fingerprint density at radius 1 is 1.32 bits per heavy atom. The molecule has 3 aromatic rings. The predicted octanol–water partition coefficient (Wildman–Crippen LogP) is 2.44. The summed E-state index contributed by atoms with van der Waals surface area (Å²) in [7, 11) is 0. The average Bonchev–Trinajstić information content (AvgIpc) is 2.96. The third-order valence-corrected chi connectivity index (χ3v) is 3.15. The van der Waals surface area contributed by atoms with Crippen molar-refractivity contribution in [2.75, 3.05) is 0 Å². The highest BCUT2D eigenvalue weighted by Gasteiger charge is 2.10. The van der Waals surface area contributed by atoms with Crippen LogP contribution in [0.4, 0.5) is 5.88 Å². The molecule has 2 heterocycles. The smallest absolute Gasteiger partial charge is 0.400 e. The minimum absolute atomic E-state index is 0.112. The number of rotatable bonds is 3. The molecule has 0 unspecified atom stereocenters. The molecule has 0 fully saturated rings. The third-order valence-electron chi connectivity index (χ3n) is 2.88. The second-order valence-electron chi connectivity index (χ2n) is 4.27. The summed E-state index contributed by atoms with van der Waals surface area (Å²) in [6.07, 6.45) is 1.19. The lowest BCUT2D eigenvalue weighted by molar-refractivity contribution is -0.402.